The molecule has 0 aromatic heterocycles. The molecule has 6 rings (SSSR count). The molecular weight excluding hydrogens is 653 g/mol. The predicted molar refractivity (Wildman–Crippen MR) is 198 cm³/mol. The fourth-order valence-corrected chi connectivity index (χ4v) is 8.18. The number of nitrogens with two attached hydrogens (primary N) is 1. The summed E-state index contributed by atoms with van der Waals surface area (Å²) in [5, 5.41) is 4.28. The lowest BCUT2D eigenvalue weighted by Gasteiger charge is -2.30. The third-order valence-electron chi connectivity index (χ3n) is 10.2. The molecule has 254 valence electrons. The number of para-hydroxylation sites is 1. The van der Waals surface area contributed by atoms with Gasteiger partial charge >= 0.3 is 0 Å². The number of nitrogens with zero attached hydrogens (tertiary/aromatic N) is 1. The van der Waals surface area contributed by atoms with Gasteiger partial charge in [0.05, 0.1) is 12.2 Å². The highest BCUT2D eigenvalue weighted by atomic mass is 35.5. The Morgan fingerprint density at radius 2 is 1.61 bits per heavy atom. The molecule has 4 aromatic rings. The van der Waals surface area contributed by atoms with Gasteiger partial charge in [0.15, 0.2) is 0 Å². The Bertz CT molecular complexity index is 1840. The van der Waals surface area contributed by atoms with Crippen LogP contribution in [-0.4, -0.2) is 17.7 Å². The van der Waals surface area contributed by atoms with E-state index in [1.165, 1.54) is 0 Å². The number of benzene rings is 4. The van der Waals surface area contributed by atoms with Crippen molar-refractivity contribution in [2.24, 2.45) is 23.5 Å². The fourth-order valence-electron chi connectivity index (χ4n) is 7.66. The van der Waals surface area contributed by atoms with Crippen molar-refractivity contribution in [3.05, 3.63) is 112 Å². The molecule has 1 saturated carbocycles. The number of unbranched alkanes of at least 4 members (excludes halogenated alkanes) is 1. The van der Waals surface area contributed by atoms with Gasteiger partial charge in [-0.05, 0) is 65.3 Å². The standard InChI is InChI=1S/C41H43Cl2N3O3/c1-2-3-15-34(39(44)47)35(23-26-11-4-5-12-26)40(48)45-38-33-18-7-6-16-31(33)32-17-8-9-19-37(32)46(41(38)49)25-27-13-10-14-28(22-27)30-21-20-29(42)24-36(30)43/h6-10,13-14,16-22,24,26,34-35,38H,2-5,11-12,15,23,25H2,1H3,(H2,44,47)(H,45,48)/t34-,35+,38-/m0/s1. The molecule has 2 aliphatic rings. The van der Waals surface area contributed by atoms with Crippen LogP contribution < -0.4 is 16.0 Å². The maximum Gasteiger partial charge on any atom is 0.254 e. The van der Waals surface area contributed by atoms with Gasteiger partial charge in [-0.25, -0.2) is 0 Å². The van der Waals surface area contributed by atoms with Gasteiger partial charge in [0.1, 0.15) is 6.04 Å². The number of fused-ring (bicyclic) bond motifs is 3. The van der Waals surface area contributed by atoms with Crippen LogP contribution in [0.25, 0.3) is 22.3 Å². The highest BCUT2D eigenvalue weighted by Gasteiger charge is 2.40. The van der Waals surface area contributed by atoms with Crippen LogP contribution in [0.4, 0.5) is 5.69 Å². The minimum atomic E-state index is -0.962. The maximum absolute atomic E-state index is 14.9. The molecule has 1 aliphatic heterocycles. The van der Waals surface area contributed by atoms with Crippen LogP contribution in [0.1, 0.15) is 75.5 Å². The van der Waals surface area contributed by atoms with E-state index in [-0.39, 0.29) is 18.4 Å². The lowest BCUT2D eigenvalue weighted by Crippen LogP contribution is -2.47. The summed E-state index contributed by atoms with van der Waals surface area (Å²) in [5.41, 5.74) is 11.9. The van der Waals surface area contributed by atoms with Gasteiger partial charge in [0, 0.05) is 33.0 Å². The number of halogens is 2. The first-order valence-electron chi connectivity index (χ1n) is 17.4. The molecule has 0 saturated heterocycles. The average Bonchev–Trinajstić information content (AvgIpc) is 3.59. The van der Waals surface area contributed by atoms with Crippen LogP contribution in [0.15, 0.2) is 91.0 Å². The summed E-state index contributed by atoms with van der Waals surface area (Å²) in [4.78, 5) is 44.0. The van der Waals surface area contributed by atoms with Crippen molar-refractivity contribution in [3.8, 4) is 22.3 Å². The Balaban J connectivity index is 1.38. The molecule has 0 bridgehead atoms. The van der Waals surface area contributed by atoms with Crippen molar-refractivity contribution in [3.63, 3.8) is 0 Å². The molecule has 0 radical (unpaired) electrons. The van der Waals surface area contributed by atoms with Gasteiger partial charge in [-0.1, -0.05) is 135 Å². The highest BCUT2D eigenvalue weighted by molar-refractivity contribution is 6.36. The number of rotatable bonds is 12. The van der Waals surface area contributed by atoms with E-state index in [2.05, 4.69) is 12.2 Å². The Labute approximate surface area is 299 Å². The van der Waals surface area contributed by atoms with Crippen LogP contribution in [0.3, 0.4) is 0 Å². The van der Waals surface area contributed by atoms with Crippen LogP contribution in [0, 0.1) is 17.8 Å². The number of nitrogens with one attached hydrogen (secondary N) is 1. The third kappa shape index (κ3) is 7.71. The smallest absolute Gasteiger partial charge is 0.254 e. The SMILES string of the molecule is CCCC[C@H](C(N)=O)[C@@H](CC1CCCC1)C(=O)N[C@@H]1C(=O)N(Cc2cccc(-c3ccc(Cl)cc3Cl)c2)c2ccccc2-c2ccccc21. The molecule has 1 heterocycles. The van der Waals surface area contributed by atoms with Crippen LogP contribution in [0.5, 0.6) is 0 Å². The first kappa shape index (κ1) is 34.7. The second-order valence-corrected chi connectivity index (χ2v) is 14.3. The lowest BCUT2D eigenvalue weighted by molar-refractivity contribution is -0.136. The number of primary amides is 1. The second kappa shape index (κ2) is 15.6. The van der Waals surface area contributed by atoms with Gasteiger partial charge in [-0.15, -0.1) is 0 Å². The Morgan fingerprint density at radius 3 is 2.35 bits per heavy atom. The first-order chi connectivity index (χ1) is 23.7. The van der Waals surface area contributed by atoms with Crippen molar-refractivity contribution in [1.29, 1.82) is 0 Å². The summed E-state index contributed by atoms with van der Waals surface area (Å²) in [6, 6.07) is 28.0. The summed E-state index contributed by atoms with van der Waals surface area (Å²) < 4.78 is 0. The zero-order valence-electron chi connectivity index (χ0n) is 27.8. The molecule has 3 N–H and O–H groups in total. The van der Waals surface area contributed by atoms with E-state index in [0.29, 0.717) is 28.8 Å². The zero-order valence-corrected chi connectivity index (χ0v) is 29.4. The highest BCUT2D eigenvalue weighted by Crippen LogP contribution is 2.42. The van der Waals surface area contributed by atoms with Crippen molar-refractivity contribution in [2.75, 3.05) is 4.90 Å². The van der Waals surface area contributed by atoms with E-state index in [1.54, 1.807) is 17.0 Å². The molecule has 49 heavy (non-hydrogen) atoms. The monoisotopic (exact) mass is 695 g/mol. The summed E-state index contributed by atoms with van der Waals surface area (Å²) in [6.45, 7) is 2.33. The van der Waals surface area contributed by atoms with Crippen molar-refractivity contribution in [2.45, 2.75) is 70.9 Å². The minimum Gasteiger partial charge on any atom is -0.369 e. The number of hydrogen-bond donors (Lipinski definition) is 2. The van der Waals surface area contributed by atoms with Gasteiger partial charge < -0.3 is 16.0 Å². The quantitative estimate of drug-likeness (QED) is 0.155. The number of carbonyl (C=O) groups excluding carboxylic acids is 3. The van der Waals surface area contributed by atoms with Crippen LogP contribution in [0.2, 0.25) is 10.0 Å². The predicted octanol–water partition coefficient (Wildman–Crippen LogP) is 9.52. The van der Waals surface area contributed by atoms with E-state index < -0.39 is 23.8 Å². The van der Waals surface area contributed by atoms with Crippen molar-refractivity contribution < 1.29 is 14.4 Å². The lowest BCUT2D eigenvalue weighted by atomic mass is 9.79. The Morgan fingerprint density at radius 1 is 0.878 bits per heavy atom. The van der Waals surface area contributed by atoms with E-state index in [1.807, 2.05) is 78.9 Å². The van der Waals surface area contributed by atoms with Crippen LogP contribution in [-0.2, 0) is 20.9 Å². The number of amides is 3. The maximum atomic E-state index is 14.9. The molecule has 1 fully saturated rings. The van der Waals surface area contributed by atoms with Crippen molar-refractivity contribution in [1.82, 2.24) is 5.32 Å². The summed E-state index contributed by atoms with van der Waals surface area (Å²) in [5.74, 6) is -1.82. The summed E-state index contributed by atoms with van der Waals surface area (Å²) >= 11 is 12.7. The second-order valence-electron chi connectivity index (χ2n) is 13.4. The van der Waals surface area contributed by atoms with E-state index in [0.717, 1.165) is 77.6 Å². The van der Waals surface area contributed by atoms with Gasteiger partial charge in [-0.3, -0.25) is 14.4 Å². The molecule has 8 heteroatoms. The summed E-state index contributed by atoms with van der Waals surface area (Å²) in [7, 11) is 0. The molecule has 3 amide bonds. The van der Waals surface area contributed by atoms with Crippen molar-refractivity contribution >= 4 is 46.6 Å². The minimum absolute atomic E-state index is 0.246. The van der Waals surface area contributed by atoms with E-state index in [9.17, 15) is 14.4 Å². The molecule has 4 aromatic carbocycles. The Kier molecular flexibility index (Phi) is 11.1. The molecular formula is C41H43Cl2N3O3. The Hall–Kier alpha value is -4.13. The summed E-state index contributed by atoms with van der Waals surface area (Å²) in [6.07, 6.45) is 7.18. The number of anilines is 1. The molecule has 0 spiro atoms. The van der Waals surface area contributed by atoms with E-state index in [4.69, 9.17) is 28.9 Å². The normalized spacial score (nSPS) is 17.2. The van der Waals surface area contributed by atoms with Gasteiger partial charge in [0.25, 0.3) is 5.91 Å². The number of hydrogen-bond acceptors (Lipinski definition) is 3. The van der Waals surface area contributed by atoms with Crippen LogP contribution >= 0.6 is 23.2 Å². The molecule has 1 aliphatic carbocycles. The molecule has 0 unspecified atom stereocenters. The zero-order chi connectivity index (χ0) is 34.5. The third-order valence-corrected chi connectivity index (χ3v) is 10.7. The van der Waals surface area contributed by atoms with Gasteiger partial charge in [-0.2, -0.15) is 0 Å². The topological polar surface area (TPSA) is 92.5 Å². The fraction of sp³-hybridized carbons (Fsp3) is 0.341. The molecule has 6 nitrogen and oxygen atoms in total. The largest absolute Gasteiger partial charge is 0.369 e. The average molecular weight is 697 g/mol. The van der Waals surface area contributed by atoms with Gasteiger partial charge in [0.2, 0.25) is 11.8 Å². The van der Waals surface area contributed by atoms with E-state index >= 15 is 0 Å². The first-order valence-corrected chi connectivity index (χ1v) is 18.1. The number of carbonyl (C=O) groups is 3. The molecule has 3 atom stereocenters.